The first-order valence-corrected chi connectivity index (χ1v) is 16.5. The molecular weight excluding hydrogens is 662 g/mol. The van der Waals surface area contributed by atoms with E-state index in [1.165, 1.54) is 53.2 Å². The summed E-state index contributed by atoms with van der Waals surface area (Å²) < 4.78 is 26.9. The van der Waals surface area contributed by atoms with Crippen molar-refractivity contribution in [3.8, 4) is 34.7 Å². The SMILES string of the molecule is N#Cc1cccc(N)c1F.N#Cc1cccc(NC(=O)N2CCc3[nH]nc(-c4ccccc4)c3C2)c1F.c1ccc(-c2n[nH]c3c2CNCC3)cc1. The lowest BCUT2D eigenvalue weighted by Gasteiger charge is -2.27. The second-order valence-corrected chi connectivity index (χ2v) is 11.9. The Kier molecular flexibility index (Phi) is 10.9. The number of aromatic amines is 2. The summed E-state index contributed by atoms with van der Waals surface area (Å²) in [6.45, 7) is 2.84. The van der Waals surface area contributed by atoms with Gasteiger partial charge < -0.3 is 21.3 Å². The van der Waals surface area contributed by atoms with Crippen molar-refractivity contribution in [2.24, 2.45) is 0 Å². The molecule has 52 heavy (non-hydrogen) atoms. The van der Waals surface area contributed by atoms with E-state index in [4.69, 9.17) is 16.3 Å². The average molecular weight is 697 g/mol. The topological polar surface area (TPSA) is 175 Å². The van der Waals surface area contributed by atoms with Crippen LogP contribution in [-0.2, 0) is 25.9 Å². The molecule has 0 atom stereocenters. The minimum atomic E-state index is -0.723. The van der Waals surface area contributed by atoms with Crippen molar-refractivity contribution in [1.82, 2.24) is 30.6 Å². The number of amides is 2. The molecule has 0 saturated carbocycles. The molecule has 13 heteroatoms. The summed E-state index contributed by atoms with van der Waals surface area (Å²) in [5.41, 5.74) is 13.7. The lowest BCUT2D eigenvalue weighted by atomic mass is 10.0. The Bertz CT molecular complexity index is 2250. The third-order valence-corrected chi connectivity index (χ3v) is 8.63. The van der Waals surface area contributed by atoms with Crippen LogP contribution in [0.15, 0.2) is 97.1 Å². The van der Waals surface area contributed by atoms with Gasteiger partial charge in [-0.2, -0.15) is 20.7 Å². The number of halogens is 2. The third kappa shape index (κ3) is 7.81. The first-order valence-electron chi connectivity index (χ1n) is 16.5. The number of anilines is 2. The molecule has 11 nitrogen and oxygen atoms in total. The second-order valence-electron chi connectivity index (χ2n) is 11.9. The number of nitrogens with two attached hydrogens (primary N) is 1. The van der Waals surface area contributed by atoms with E-state index in [2.05, 4.69) is 43.2 Å². The van der Waals surface area contributed by atoms with Gasteiger partial charge in [-0.05, 0) is 24.3 Å². The molecule has 8 rings (SSSR count). The van der Waals surface area contributed by atoms with Gasteiger partial charge in [0, 0.05) is 66.1 Å². The Hall–Kier alpha value is -6.83. The van der Waals surface area contributed by atoms with Crippen molar-refractivity contribution < 1.29 is 13.6 Å². The van der Waals surface area contributed by atoms with Crippen LogP contribution in [0.4, 0.5) is 25.0 Å². The Morgan fingerprint density at radius 2 is 1.33 bits per heavy atom. The van der Waals surface area contributed by atoms with E-state index in [1.807, 2.05) is 48.5 Å². The maximum absolute atomic E-state index is 14.2. The summed E-state index contributed by atoms with van der Waals surface area (Å²) in [6.07, 6.45) is 1.69. The molecule has 0 fully saturated rings. The van der Waals surface area contributed by atoms with Gasteiger partial charge in [0.25, 0.3) is 0 Å². The summed E-state index contributed by atoms with van der Waals surface area (Å²) in [5, 5.41) is 38.2. The number of urea groups is 1. The number of aromatic nitrogens is 4. The molecule has 0 unspecified atom stereocenters. The molecule has 6 aromatic rings. The number of nitrogen functional groups attached to an aromatic ring is 1. The fraction of sp³-hybridized carbons (Fsp3) is 0.154. The van der Waals surface area contributed by atoms with Crippen molar-refractivity contribution in [1.29, 1.82) is 10.5 Å². The van der Waals surface area contributed by atoms with Crippen molar-refractivity contribution in [2.75, 3.05) is 24.1 Å². The fourth-order valence-electron chi connectivity index (χ4n) is 5.91. The smallest absolute Gasteiger partial charge is 0.322 e. The number of carbonyl (C=O) groups excluding carboxylic acids is 1. The van der Waals surface area contributed by atoms with E-state index in [0.29, 0.717) is 19.5 Å². The molecule has 0 bridgehead atoms. The molecular formula is C39H34F2N10O. The maximum Gasteiger partial charge on any atom is 0.322 e. The predicted octanol–water partition coefficient (Wildman–Crippen LogP) is 6.68. The molecule has 2 amide bonds. The van der Waals surface area contributed by atoms with Crippen LogP contribution in [0, 0.1) is 34.3 Å². The van der Waals surface area contributed by atoms with E-state index >= 15 is 0 Å². The number of nitrogens with one attached hydrogen (secondary N) is 4. The molecule has 4 heterocycles. The van der Waals surface area contributed by atoms with Gasteiger partial charge in [-0.3, -0.25) is 10.2 Å². The molecule has 0 aliphatic carbocycles. The molecule has 260 valence electrons. The number of benzene rings is 4. The average Bonchev–Trinajstić information content (AvgIpc) is 3.83. The monoisotopic (exact) mass is 696 g/mol. The highest BCUT2D eigenvalue weighted by Crippen LogP contribution is 2.29. The number of hydrogen-bond donors (Lipinski definition) is 5. The lowest BCUT2D eigenvalue weighted by molar-refractivity contribution is 0.206. The molecule has 6 N–H and O–H groups in total. The lowest BCUT2D eigenvalue weighted by Crippen LogP contribution is -2.39. The van der Waals surface area contributed by atoms with Gasteiger partial charge in [-0.1, -0.05) is 72.8 Å². The van der Waals surface area contributed by atoms with Crippen LogP contribution in [0.25, 0.3) is 22.5 Å². The van der Waals surface area contributed by atoms with Crippen LogP contribution < -0.4 is 16.4 Å². The minimum absolute atomic E-state index is 0.000299. The van der Waals surface area contributed by atoms with Crippen molar-refractivity contribution in [3.05, 3.63) is 142 Å². The normalized spacial score (nSPS) is 12.7. The van der Waals surface area contributed by atoms with E-state index in [-0.39, 0.29) is 22.5 Å². The van der Waals surface area contributed by atoms with Gasteiger partial charge in [0.05, 0.1) is 40.4 Å². The van der Waals surface area contributed by atoms with Crippen LogP contribution in [0.5, 0.6) is 0 Å². The highest BCUT2D eigenvalue weighted by atomic mass is 19.1. The maximum atomic E-state index is 14.2. The van der Waals surface area contributed by atoms with E-state index < -0.39 is 17.7 Å². The van der Waals surface area contributed by atoms with Crippen LogP contribution in [0.1, 0.15) is 33.6 Å². The summed E-state index contributed by atoms with van der Waals surface area (Å²) in [5.74, 6) is -1.36. The number of hydrogen-bond acceptors (Lipinski definition) is 7. The first kappa shape index (κ1) is 35.0. The zero-order valence-corrected chi connectivity index (χ0v) is 28.0. The van der Waals surface area contributed by atoms with E-state index in [9.17, 15) is 13.6 Å². The van der Waals surface area contributed by atoms with Crippen molar-refractivity contribution in [3.63, 3.8) is 0 Å². The molecule has 0 saturated heterocycles. The second kappa shape index (κ2) is 16.3. The summed E-state index contributed by atoms with van der Waals surface area (Å²) in [6, 6.07) is 31.8. The highest BCUT2D eigenvalue weighted by Gasteiger charge is 2.26. The van der Waals surface area contributed by atoms with Crippen LogP contribution in [0.3, 0.4) is 0 Å². The third-order valence-electron chi connectivity index (χ3n) is 8.63. The molecule has 2 aliphatic rings. The Balaban J connectivity index is 0.000000155. The van der Waals surface area contributed by atoms with Crippen LogP contribution in [-0.4, -0.2) is 44.4 Å². The largest absolute Gasteiger partial charge is 0.396 e. The molecule has 2 aromatic heterocycles. The standard InChI is InChI=1S/C20H16FN5O.C12H13N3.C7H5FN2/c21-18-14(11-22)7-4-8-17(18)23-20(27)26-10-9-16-15(12-26)19(25-24-16)13-5-2-1-3-6-13;1-2-4-9(5-3-1)12-10-8-13-7-6-11(10)14-15-12;8-7-5(4-9)2-1-3-6(7)10/h1-8H,9-10,12H2,(H,23,27)(H,24,25);1-5,13H,6-8H2,(H,14,15);1-3H,10H2. The molecule has 0 spiro atoms. The van der Waals surface area contributed by atoms with Crippen molar-refractivity contribution >= 4 is 17.4 Å². The highest BCUT2D eigenvalue weighted by molar-refractivity contribution is 5.90. The quantitative estimate of drug-likeness (QED) is 0.128. The number of nitriles is 2. The molecule has 0 radical (unpaired) electrons. The fourth-order valence-corrected chi connectivity index (χ4v) is 5.91. The van der Waals surface area contributed by atoms with Crippen molar-refractivity contribution in [2.45, 2.75) is 25.9 Å². The number of fused-ring (bicyclic) bond motifs is 2. The van der Waals surface area contributed by atoms with Gasteiger partial charge in [0.2, 0.25) is 0 Å². The molecule has 2 aliphatic heterocycles. The summed E-state index contributed by atoms with van der Waals surface area (Å²) in [4.78, 5) is 14.2. The van der Waals surface area contributed by atoms with Gasteiger partial charge in [-0.25, -0.2) is 13.6 Å². The van der Waals surface area contributed by atoms with Gasteiger partial charge in [0.15, 0.2) is 11.6 Å². The van der Waals surface area contributed by atoms with E-state index in [1.54, 1.807) is 17.0 Å². The van der Waals surface area contributed by atoms with Gasteiger partial charge in [0.1, 0.15) is 12.1 Å². The molecule has 4 aromatic carbocycles. The summed E-state index contributed by atoms with van der Waals surface area (Å²) in [7, 11) is 0. The Morgan fingerprint density at radius 1 is 0.750 bits per heavy atom. The predicted molar refractivity (Wildman–Crippen MR) is 193 cm³/mol. The van der Waals surface area contributed by atoms with Crippen LogP contribution in [0.2, 0.25) is 0 Å². The number of nitrogens with zero attached hydrogens (tertiary/aromatic N) is 5. The van der Waals surface area contributed by atoms with Gasteiger partial charge >= 0.3 is 6.03 Å². The number of rotatable bonds is 3. The first-order chi connectivity index (χ1) is 25.4. The van der Waals surface area contributed by atoms with Gasteiger partial charge in [-0.15, -0.1) is 0 Å². The zero-order valence-electron chi connectivity index (χ0n) is 28.0. The Morgan fingerprint density at radius 3 is 1.94 bits per heavy atom. The number of H-pyrrole nitrogens is 2. The van der Waals surface area contributed by atoms with Crippen LogP contribution >= 0.6 is 0 Å². The minimum Gasteiger partial charge on any atom is -0.396 e. The number of carbonyl (C=O) groups is 1. The Labute approximate surface area is 298 Å². The summed E-state index contributed by atoms with van der Waals surface area (Å²) >= 11 is 0. The van der Waals surface area contributed by atoms with E-state index in [0.717, 1.165) is 47.7 Å². The zero-order chi connectivity index (χ0) is 36.5.